The van der Waals surface area contributed by atoms with E-state index >= 15 is 0 Å². The standard InChI is InChI=1S/C13H16O4/c1-3-10-6-4-5-7-11(10)17-13(15)9-8-12(14)16-2/h4-7H,3,8-9H2,1-2H3. The van der Waals surface area contributed by atoms with Crippen LogP contribution in [0.4, 0.5) is 0 Å². The van der Waals surface area contributed by atoms with Crippen LogP contribution in [0.3, 0.4) is 0 Å². The fourth-order valence-electron chi connectivity index (χ4n) is 1.38. The lowest BCUT2D eigenvalue weighted by Crippen LogP contribution is -2.12. The molecule has 4 nitrogen and oxygen atoms in total. The van der Waals surface area contributed by atoms with Crippen molar-refractivity contribution in [3.8, 4) is 5.75 Å². The van der Waals surface area contributed by atoms with Crippen molar-refractivity contribution in [1.29, 1.82) is 0 Å². The lowest BCUT2D eigenvalue weighted by Gasteiger charge is -2.07. The maximum atomic E-state index is 11.5. The van der Waals surface area contributed by atoms with Crippen LogP contribution < -0.4 is 4.74 Å². The molecule has 0 saturated heterocycles. The molecular formula is C13H16O4. The van der Waals surface area contributed by atoms with Gasteiger partial charge in [-0.05, 0) is 18.1 Å². The Bertz CT molecular complexity index is 398. The van der Waals surface area contributed by atoms with E-state index in [0.29, 0.717) is 5.75 Å². The van der Waals surface area contributed by atoms with Gasteiger partial charge in [-0.3, -0.25) is 9.59 Å². The number of para-hydroxylation sites is 1. The van der Waals surface area contributed by atoms with Gasteiger partial charge in [0, 0.05) is 0 Å². The minimum atomic E-state index is -0.420. The Hall–Kier alpha value is -1.84. The lowest BCUT2D eigenvalue weighted by atomic mass is 10.1. The number of hydrogen-bond acceptors (Lipinski definition) is 4. The molecule has 0 amide bonds. The number of benzene rings is 1. The maximum Gasteiger partial charge on any atom is 0.311 e. The molecule has 0 atom stereocenters. The number of esters is 2. The molecule has 0 aliphatic rings. The molecule has 92 valence electrons. The Balaban J connectivity index is 2.53. The van der Waals surface area contributed by atoms with E-state index in [4.69, 9.17) is 4.74 Å². The maximum absolute atomic E-state index is 11.5. The predicted octanol–water partition coefficient (Wildman–Crippen LogP) is 2.11. The Morgan fingerprint density at radius 3 is 2.41 bits per heavy atom. The summed E-state index contributed by atoms with van der Waals surface area (Å²) in [6.45, 7) is 1.99. The van der Waals surface area contributed by atoms with Crippen LogP contribution in [0, 0.1) is 0 Å². The van der Waals surface area contributed by atoms with E-state index in [1.54, 1.807) is 6.07 Å². The molecule has 0 spiro atoms. The normalized spacial score (nSPS) is 9.76. The number of carbonyl (C=O) groups is 2. The summed E-state index contributed by atoms with van der Waals surface area (Å²) in [7, 11) is 1.29. The fourth-order valence-corrected chi connectivity index (χ4v) is 1.38. The number of rotatable bonds is 5. The number of hydrogen-bond donors (Lipinski definition) is 0. The van der Waals surface area contributed by atoms with Crippen LogP contribution in [0.15, 0.2) is 24.3 Å². The largest absolute Gasteiger partial charge is 0.469 e. The van der Waals surface area contributed by atoms with Gasteiger partial charge >= 0.3 is 11.9 Å². The molecule has 0 N–H and O–H groups in total. The van der Waals surface area contributed by atoms with Gasteiger partial charge in [-0.2, -0.15) is 0 Å². The van der Waals surface area contributed by atoms with Gasteiger partial charge in [0.25, 0.3) is 0 Å². The predicted molar refractivity (Wildman–Crippen MR) is 62.7 cm³/mol. The van der Waals surface area contributed by atoms with Crippen molar-refractivity contribution < 1.29 is 19.1 Å². The highest BCUT2D eigenvalue weighted by Gasteiger charge is 2.10. The van der Waals surface area contributed by atoms with Gasteiger partial charge in [0.1, 0.15) is 5.75 Å². The summed E-state index contributed by atoms with van der Waals surface area (Å²) >= 11 is 0. The van der Waals surface area contributed by atoms with E-state index in [-0.39, 0.29) is 12.8 Å². The van der Waals surface area contributed by atoms with Crippen LogP contribution >= 0.6 is 0 Å². The van der Waals surface area contributed by atoms with Gasteiger partial charge in [0.05, 0.1) is 20.0 Å². The molecule has 0 aliphatic heterocycles. The highest BCUT2D eigenvalue weighted by atomic mass is 16.5. The summed E-state index contributed by atoms with van der Waals surface area (Å²) < 4.78 is 9.63. The zero-order chi connectivity index (χ0) is 12.7. The quantitative estimate of drug-likeness (QED) is 0.580. The van der Waals surface area contributed by atoms with Crippen molar-refractivity contribution in [1.82, 2.24) is 0 Å². The molecule has 0 radical (unpaired) electrons. The SMILES string of the molecule is CCc1ccccc1OC(=O)CCC(=O)OC. The zero-order valence-corrected chi connectivity index (χ0v) is 10.1. The van der Waals surface area contributed by atoms with Crippen molar-refractivity contribution in [3.63, 3.8) is 0 Å². The summed E-state index contributed by atoms with van der Waals surface area (Å²) in [6.07, 6.45) is 0.870. The molecule has 0 fully saturated rings. The van der Waals surface area contributed by atoms with Crippen LogP contribution in [-0.2, 0) is 20.7 Å². The minimum absolute atomic E-state index is 0.0325. The summed E-state index contributed by atoms with van der Waals surface area (Å²) in [5, 5.41) is 0. The van der Waals surface area contributed by atoms with Gasteiger partial charge < -0.3 is 9.47 Å². The smallest absolute Gasteiger partial charge is 0.311 e. The van der Waals surface area contributed by atoms with Gasteiger partial charge in [0.2, 0.25) is 0 Å². The topological polar surface area (TPSA) is 52.6 Å². The molecule has 0 aromatic heterocycles. The van der Waals surface area contributed by atoms with Crippen LogP contribution in [0.25, 0.3) is 0 Å². The summed E-state index contributed by atoms with van der Waals surface area (Å²) in [4.78, 5) is 22.3. The molecule has 1 rings (SSSR count). The van der Waals surface area contributed by atoms with E-state index < -0.39 is 11.9 Å². The molecule has 0 bridgehead atoms. The van der Waals surface area contributed by atoms with Gasteiger partial charge in [-0.15, -0.1) is 0 Å². The molecule has 1 aromatic carbocycles. The van der Waals surface area contributed by atoms with E-state index in [9.17, 15) is 9.59 Å². The van der Waals surface area contributed by atoms with Gasteiger partial charge in [-0.1, -0.05) is 25.1 Å². The average Bonchev–Trinajstić information content (AvgIpc) is 2.36. The van der Waals surface area contributed by atoms with Crippen LogP contribution in [-0.4, -0.2) is 19.0 Å². The second-order valence-corrected chi connectivity index (χ2v) is 3.51. The summed E-state index contributed by atoms with van der Waals surface area (Å²) in [5.41, 5.74) is 0.971. The molecule has 0 saturated carbocycles. The zero-order valence-electron chi connectivity index (χ0n) is 10.1. The number of aryl methyl sites for hydroxylation is 1. The van der Waals surface area contributed by atoms with E-state index in [1.807, 2.05) is 25.1 Å². The second kappa shape index (κ2) is 6.68. The van der Waals surface area contributed by atoms with Crippen molar-refractivity contribution in [2.24, 2.45) is 0 Å². The van der Waals surface area contributed by atoms with E-state index in [1.165, 1.54) is 7.11 Å². The first-order valence-corrected chi connectivity index (χ1v) is 5.52. The van der Waals surface area contributed by atoms with Crippen LogP contribution in [0.2, 0.25) is 0 Å². The summed E-state index contributed by atoms with van der Waals surface area (Å²) in [5.74, 6) is -0.271. The fraction of sp³-hybridized carbons (Fsp3) is 0.385. The highest BCUT2D eigenvalue weighted by Crippen LogP contribution is 2.18. The lowest BCUT2D eigenvalue weighted by molar-refractivity contribution is -0.144. The number of ether oxygens (including phenoxy) is 2. The Morgan fingerprint density at radius 2 is 1.76 bits per heavy atom. The Morgan fingerprint density at radius 1 is 1.12 bits per heavy atom. The molecule has 0 heterocycles. The number of methoxy groups -OCH3 is 1. The van der Waals surface area contributed by atoms with Gasteiger partial charge in [-0.25, -0.2) is 0 Å². The third-order valence-corrected chi connectivity index (χ3v) is 2.34. The van der Waals surface area contributed by atoms with Crippen molar-refractivity contribution >= 4 is 11.9 Å². The molecule has 0 unspecified atom stereocenters. The monoisotopic (exact) mass is 236 g/mol. The van der Waals surface area contributed by atoms with Crippen molar-refractivity contribution in [3.05, 3.63) is 29.8 Å². The highest BCUT2D eigenvalue weighted by molar-refractivity contribution is 5.79. The average molecular weight is 236 g/mol. The molecule has 0 aliphatic carbocycles. The van der Waals surface area contributed by atoms with E-state index in [2.05, 4.69) is 4.74 Å². The van der Waals surface area contributed by atoms with E-state index in [0.717, 1.165) is 12.0 Å². The van der Waals surface area contributed by atoms with Gasteiger partial charge in [0.15, 0.2) is 0 Å². The Labute approximate surface area is 101 Å². The molecule has 17 heavy (non-hydrogen) atoms. The molecule has 1 aromatic rings. The first-order chi connectivity index (χ1) is 8.17. The first-order valence-electron chi connectivity index (χ1n) is 5.52. The Kier molecular flexibility index (Phi) is 5.20. The second-order valence-electron chi connectivity index (χ2n) is 3.51. The molecule has 4 heteroatoms. The van der Waals surface area contributed by atoms with Crippen LogP contribution in [0.1, 0.15) is 25.3 Å². The van der Waals surface area contributed by atoms with Crippen molar-refractivity contribution in [2.75, 3.05) is 7.11 Å². The summed E-state index contributed by atoms with van der Waals surface area (Å²) in [6, 6.07) is 7.35. The molecular weight excluding hydrogens is 220 g/mol. The third kappa shape index (κ3) is 4.26. The number of carbonyl (C=O) groups excluding carboxylic acids is 2. The minimum Gasteiger partial charge on any atom is -0.469 e. The van der Waals surface area contributed by atoms with Crippen LogP contribution in [0.5, 0.6) is 5.75 Å². The third-order valence-electron chi connectivity index (χ3n) is 2.34. The first kappa shape index (κ1) is 13.2. The van der Waals surface area contributed by atoms with Crippen molar-refractivity contribution in [2.45, 2.75) is 26.2 Å².